The molecular weight excluding hydrogens is 380 g/mol. The van der Waals surface area contributed by atoms with E-state index in [-0.39, 0.29) is 18.8 Å². The van der Waals surface area contributed by atoms with E-state index >= 15 is 0 Å². The highest BCUT2D eigenvalue weighted by Crippen LogP contribution is 2.26. The lowest BCUT2D eigenvalue weighted by Crippen LogP contribution is -2.06. The van der Waals surface area contributed by atoms with Gasteiger partial charge in [-0.2, -0.15) is 5.10 Å². The number of H-pyrrole nitrogens is 1. The Morgan fingerprint density at radius 3 is 2.48 bits per heavy atom. The van der Waals surface area contributed by atoms with E-state index in [1.54, 1.807) is 31.3 Å². The van der Waals surface area contributed by atoms with Crippen molar-refractivity contribution in [2.75, 3.05) is 0 Å². The Morgan fingerprint density at radius 1 is 1.14 bits per heavy atom. The summed E-state index contributed by atoms with van der Waals surface area (Å²) in [6.07, 6.45) is 1.62. The first-order chi connectivity index (χ1) is 13.8. The molecule has 2 aromatic heterocycles. The fourth-order valence-electron chi connectivity index (χ4n) is 2.42. The van der Waals surface area contributed by atoms with Crippen LogP contribution in [-0.4, -0.2) is 25.9 Å². The molecule has 1 aromatic carbocycles. The zero-order valence-corrected chi connectivity index (χ0v) is 16.3. The van der Waals surface area contributed by atoms with Gasteiger partial charge in [0.15, 0.2) is 12.4 Å². The van der Waals surface area contributed by atoms with E-state index in [1.807, 2.05) is 13.0 Å². The number of halogens is 2. The minimum absolute atomic E-state index is 0.0347. The quantitative estimate of drug-likeness (QED) is 0.453. The summed E-state index contributed by atoms with van der Waals surface area (Å²) in [4.78, 5) is 13.7. The van der Waals surface area contributed by atoms with Gasteiger partial charge >= 0.3 is 0 Å². The van der Waals surface area contributed by atoms with Crippen LogP contribution in [0.25, 0.3) is 0 Å². The Bertz CT molecular complexity index is 964. The van der Waals surface area contributed by atoms with Gasteiger partial charge in [-0.15, -0.1) is 0 Å². The van der Waals surface area contributed by atoms with E-state index in [4.69, 9.17) is 9.57 Å². The fourth-order valence-corrected chi connectivity index (χ4v) is 2.42. The van der Waals surface area contributed by atoms with Gasteiger partial charge in [0.1, 0.15) is 12.4 Å². The number of hydrogen-bond acceptors (Lipinski definition) is 6. The van der Waals surface area contributed by atoms with E-state index in [1.165, 1.54) is 12.1 Å². The average molecular weight is 401 g/mol. The highest BCUT2D eigenvalue weighted by Gasteiger charge is 2.23. The number of alkyl halides is 2. The fraction of sp³-hybridized carbons (Fsp3) is 0.300. The number of hydrogen-bond donors (Lipinski definition) is 1. The highest BCUT2D eigenvalue weighted by atomic mass is 19.3. The Labute approximate surface area is 166 Å². The Hall–Kier alpha value is -3.36. The summed E-state index contributed by atoms with van der Waals surface area (Å²) >= 11 is 0. The molecule has 0 aliphatic heterocycles. The number of aromatic nitrogens is 4. The Balaban J connectivity index is 1.51. The first-order valence-electron chi connectivity index (χ1n) is 8.92. The molecule has 0 spiro atoms. The summed E-state index contributed by atoms with van der Waals surface area (Å²) in [6.45, 7) is 4.86. The molecule has 0 saturated carbocycles. The predicted molar refractivity (Wildman–Crippen MR) is 103 cm³/mol. The molecule has 0 unspecified atom stereocenters. The molecule has 0 saturated heterocycles. The van der Waals surface area contributed by atoms with Gasteiger partial charge < -0.3 is 9.57 Å². The van der Waals surface area contributed by atoms with Gasteiger partial charge in [0.2, 0.25) is 5.88 Å². The highest BCUT2D eigenvalue weighted by molar-refractivity contribution is 5.98. The minimum Gasteiger partial charge on any atom is -0.469 e. The van der Waals surface area contributed by atoms with Crippen LogP contribution in [0.2, 0.25) is 0 Å². The van der Waals surface area contributed by atoms with Crippen LogP contribution < -0.4 is 4.74 Å². The van der Waals surface area contributed by atoms with E-state index in [2.05, 4.69) is 25.3 Å². The molecule has 3 rings (SSSR count). The van der Waals surface area contributed by atoms with Crippen molar-refractivity contribution in [1.29, 1.82) is 0 Å². The Morgan fingerprint density at radius 2 is 1.90 bits per heavy atom. The standard InChI is InChI=1S/C20H21F2N5O2/c1-13(27-29-11-15-4-7-17(8-5-15)20(3,21)22)16-6-9-19(23-10-16)28-12-18-24-14(2)25-26-18/h4-10H,11-12H2,1-3H3,(H,24,25,26)/b27-13+. The van der Waals surface area contributed by atoms with Gasteiger partial charge in [0, 0.05) is 30.3 Å². The molecule has 9 heteroatoms. The van der Waals surface area contributed by atoms with E-state index in [9.17, 15) is 8.78 Å². The van der Waals surface area contributed by atoms with Crippen molar-refractivity contribution in [3.8, 4) is 5.88 Å². The number of nitrogens with zero attached hydrogens (tertiary/aromatic N) is 4. The molecule has 152 valence electrons. The smallest absolute Gasteiger partial charge is 0.270 e. The van der Waals surface area contributed by atoms with Crippen molar-refractivity contribution in [3.63, 3.8) is 0 Å². The largest absolute Gasteiger partial charge is 0.469 e. The van der Waals surface area contributed by atoms with Crippen LogP contribution in [0.4, 0.5) is 8.78 Å². The monoisotopic (exact) mass is 401 g/mol. The number of ether oxygens (including phenoxy) is 1. The number of nitrogens with one attached hydrogen (secondary N) is 1. The molecular formula is C20H21F2N5O2. The van der Waals surface area contributed by atoms with Crippen molar-refractivity contribution < 1.29 is 18.4 Å². The van der Waals surface area contributed by atoms with Crippen LogP contribution in [0.5, 0.6) is 5.88 Å². The van der Waals surface area contributed by atoms with Crippen molar-refractivity contribution in [1.82, 2.24) is 20.2 Å². The summed E-state index contributed by atoms with van der Waals surface area (Å²) < 4.78 is 32.0. The Kier molecular flexibility index (Phi) is 6.16. The average Bonchev–Trinajstić information content (AvgIpc) is 3.11. The van der Waals surface area contributed by atoms with Gasteiger partial charge in [-0.3, -0.25) is 5.10 Å². The van der Waals surface area contributed by atoms with E-state index < -0.39 is 5.92 Å². The maximum Gasteiger partial charge on any atom is 0.270 e. The minimum atomic E-state index is -2.86. The van der Waals surface area contributed by atoms with Gasteiger partial charge in [-0.1, -0.05) is 29.4 Å². The molecule has 0 fully saturated rings. The lowest BCUT2D eigenvalue weighted by atomic mass is 10.1. The lowest BCUT2D eigenvalue weighted by Gasteiger charge is -2.10. The van der Waals surface area contributed by atoms with Crippen LogP contribution in [0.15, 0.2) is 47.8 Å². The van der Waals surface area contributed by atoms with Crippen LogP contribution in [0, 0.1) is 6.92 Å². The molecule has 3 aromatic rings. The molecule has 0 bridgehead atoms. The second-order valence-corrected chi connectivity index (χ2v) is 6.55. The molecule has 1 N–H and O–H groups in total. The lowest BCUT2D eigenvalue weighted by molar-refractivity contribution is 0.0174. The number of aromatic amines is 1. The first-order valence-corrected chi connectivity index (χ1v) is 8.92. The summed E-state index contributed by atoms with van der Waals surface area (Å²) in [5.41, 5.74) is 2.11. The first kappa shape index (κ1) is 20.4. The maximum atomic E-state index is 13.2. The van der Waals surface area contributed by atoms with Gasteiger partial charge in [-0.25, -0.2) is 18.7 Å². The summed E-state index contributed by atoms with van der Waals surface area (Å²) in [7, 11) is 0. The normalized spacial score (nSPS) is 12.1. The molecule has 0 radical (unpaired) electrons. The third-order valence-corrected chi connectivity index (χ3v) is 4.04. The molecule has 0 aliphatic rings. The van der Waals surface area contributed by atoms with Crippen LogP contribution >= 0.6 is 0 Å². The number of rotatable bonds is 8. The number of aryl methyl sites for hydroxylation is 1. The van der Waals surface area contributed by atoms with Gasteiger partial charge in [0.25, 0.3) is 5.92 Å². The number of oxime groups is 1. The van der Waals surface area contributed by atoms with Crippen molar-refractivity contribution in [2.45, 2.75) is 39.9 Å². The molecule has 2 heterocycles. The van der Waals surface area contributed by atoms with E-state index in [0.29, 0.717) is 17.4 Å². The second kappa shape index (κ2) is 8.76. The summed E-state index contributed by atoms with van der Waals surface area (Å²) in [5.74, 6) is -1.14. The van der Waals surface area contributed by atoms with Crippen molar-refractivity contribution in [3.05, 3.63) is 70.9 Å². The van der Waals surface area contributed by atoms with Crippen molar-refractivity contribution in [2.24, 2.45) is 5.16 Å². The van der Waals surface area contributed by atoms with Gasteiger partial charge in [0.05, 0.1) is 5.71 Å². The van der Waals surface area contributed by atoms with Crippen molar-refractivity contribution >= 4 is 5.71 Å². The molecule has 29 heavy (non-hydrogen) atoms. The molecule has 0 amide bonds. The summed E-state index contributed by atoms with van der Waals surface area (Å²) in [5, 5.41) is 10.8. The zero-order chi connectivity index (χ0) is 20.9. The van der Waals surface area contributed by atoms with Crippen LogP contribution in [-0.2, 0) is 24.0 Å². The predicted octanol–water partition coefficient (Wildman–Crippen LogP) is 4.14. The molecule has 0 aliphatic carbocycles. The van der Waals surface area contributed by atoms with Crippen LogP contribution in [0.3, 0.4) is 0 Å². The topological polar surface area (TPSA) is 85.3 Å². The summed E-state index contributed by atoms with van der Waals surface area (Å²) in [6, 6.07) is 9.50. The van der Waals surface area contributed by atoms with E-state index in [0.717, 1.165) is 23.9 Å². The van der Waals surface area contributed by atoms with Crippen LogP contribution in [0.1, 0.15) is 42.2 Å². The maximum absolute atomic E-state index is 13.2. The SMILES string of the molecule is C/C(=N\OCc1ccc(C(C)(F)F)cc1)c1ccc(OCc2n[nH]c(C)n2)nc1. The third kappa shape index (κ3) is 5.81. The zero-order valence-electron chi connectivity index (χ0n) is 16.3. The van der Waals surface area contributed by atoms with Gasteiger partial charge in [-0.05, 0) is 25.5 Å². The molecule has 7 nitrogen and oxygen atoms in total. The second-order valence-electron chi connectivity index (χ2n) is 6.55. The molecule has 0 atom stereocenters. The number of pyridine rings is 1. The number of benzene rings is 1. The third-order valence-electron chi connectivity index (χ3n) is 4.04.